The fourth-order valence-electron chi connectivity index (χ4n) is 3.29. The van der Waals surface area contributed by atoms with Gasteiger partial charge in [-0.05, 0) is 35.4 Å². The van der Waals surface area contributed by atoms with Crippen LogP contribution in [0.5, 0.6) is 0 Å². The first-order valence-electron chi connectivity index (χ1n) is 8.90. The van der Waals surface area contributed by atoms with E-state index in [1.807, 2.05) is 36.4 Å². The highest BCUT2D eigenvalue weighted by atomic mass is 16.5. The third-order valence-corrected chi connectivity index (χ3v) is 4.66. The molecular weight excluding hydrogens is 342 g/mol. The number of aromatic amines is 1. The van der Waals surface area contributed by atoms with Crippen LogP contribution in [0, 0.1) is 0 Å². The van der Waals surface area contributed by atoms with Crippen LogP contribution in [0.15, 0.2) is 48.5 Å². The van der Waals surface area contributed by atoms with Crippen molar-refractivity contribution in [1.29, 1.82) is 0 Å². The molecule has 1 aliphatic heterocycles. The molecule has 138 valence electrons. The van der Waals surface area contributed by atoms with Gasteiger partial charge in [0.25, 0.3) is 0 Å². The summed E-state index contributed by atoms with van der Waals surface area (Å²) in [5.74, 6) is 1.27. The molecule has 0 saturated carbocycles. The zero-order valence-electron chi connectivity index (χ0n) is 14.8. The van der Waals surface area contributed by atoms with E-state index >= 15 is 0 Å². The number of anilines is 1. The third kappa shape index (κ3) is 3.89. The second-order valence-electron chi connectivity index (χ2n) is 6.55. The van der Waals surface area contributed by atoms with Crippen LogP contribution < -0.4 is 11.1 Å². The number of rotatable bonds is 5. The Labute approximate surface area is 157 Å². The van der Waals surface area contributed by atoms with Crippen LogP contribution in [0.2, 0.25) is 0 Å². The molecule has 3 aromatic rings. The lowest BCUT2D eigenvalue weighted by molar-refractivity contribution is -0.117. The maximum Gasteiger partial charge on any atom is 0.225 e. The van der Waals surface area contributed by atoms with Crippen molar-refractivity contribution in [2.24, 2.45) is 5.73 Å². The third-order valence-electron chi connectivity index (χ3n) is 4.66. The topological polar surface area (TPSA) is 106 Å². The van der Waals surface area contributed by atoms with Gasteiger partial charge < -0.3 is 15.8 Å². The Hall–Kier alpha value is -3.03. The van der Waals surface area contributed by atoms with E-state index in [1.165, 1.54) is 5.56 Å². The molecule has 1 aromatic heterocycles. The Morgan fingerprint density at radius 3 is 2.81 bits per heavy atom. The van der Waals surface area contributed by atoms with Gasteiger partial charge in [0.05, 0.1) is 19.8 Å². The molecule has 7 nitrogen and oxygen atoms in total. The van der Waals surface area contributed by atoms with Crippen molar-refractivity contribution >= 4 is 11.6 Å². The summed E-state index contributed by atoms with van der Waals surface area (Å²) < 4.78 is 5.63. The standard InChI is InChI=1S/C20H21N5O2/c21-10-18-23-20(25-24-18)13-5-7-16(8-6-13)22-19(26)9-15-12-27-11-14-3-1-2-4-17(14)15/h1-8,15H,9-12,21H2,(H,22,26)(H,23,24,25). The van der Waals surface area contributed by atoms with Gasteiger partial charge in [-0.25, -0.2) is 4.98 Å². The fraction of sp³-hybridized carbons (Fsp3) is 0.250. The lowest BCUT2D eigenvalue weighted by Crippen LogP contribution is -2.22. The molecule has 0 fully saturated rings. The van der Waals surface area contributed by atoms with Crippen LogP contribution in [0.3, 0.4) is 0 Å². The number of carbonyl (C=O) groups is 1. The van der Waals surface area contributed by atoms with Crippen molar-refractivity contribution in [2.75, 3.05) is 11.9 Å². The van der Waals surface area contributed by atoms with Gasteiger partial charge in [-0.3, -0.25) is 9.89 Å². The van der Waals surface area contributed by atoms with Crippen LogP contribution in [0.1, 0.15) is 29.3 Å². The van der Waals surface area contributed by atoms with E-state index in [9.17, 15) is 4.79 Å². The highest BCUT2D eigenvalue weighted by Crippen LogP contribution is 2.29. The number of benzene rings is 2. The van der Waals surface area contributed by atoms with Gasteiger partial charge in [-0.2, -0.15) is 5.10 Å². The minimum Gasteiger partial charge on any atom is -0.376 e. The number of hydrogen-bond donors (Lipinski definition) is 3. The monoisotopic (exact) mass is 363 g/mol. The van der Waals surface area contributed by atoms with Crippen LogP contribution in [-0.4, -0.2) is 27.7 Å². The quantitative estimate of drug-likeness (QED) is 0.646. The summed E-state index contributed by atoms with van der Waals surface area (Å²) in [6.07, 6.45) is 0.388. The van der Waals surface area contributed by atoms with Crippen molar-refractivity contribution < 1.29 is 9.53 Å². The summed E-state index contributed by atoms with van der Waals surface area (Å²) in [4.78, 5) is 16.8. The zero-order valence-corrected chi connectivity index (χ0v) is 14.8. The zero-order chi connectivity index (χ0) is 18.6. The van der Waals surface area contributed by atoms with Crippen LogP contribution in [0.4, 0.5) is 5.69 Å². The minimum absolute atomic E-state index is 0.0311. The molecule has 1 aliphatic rings. The average molecular weight is 363 g/mol. The van der Waals surface area contributed by atoms with Crippen molar-refractivity contribution in [2.45, 2.75) is 25.5 Å². The molecule has 2 aromatic carbocycles. The van der Waals surface area contributed by atoms with E-state index in [0.29, 0.717) is 37.8 Å². The van der Waals surface area contributed by atoms with E-state index in [2.05, 4.69) is 32.6 Å². The summed E-state index contributed by atoms with van der Waals surface area (Å²) in [6.45, 7) is 1.50. The first-order valence-corrected chi connectivity index (χ1v) is 8.90. The Kier molecular flexibility index (Phi) is 4.95. The number of ether oxygens (including phenoxy) is 1. The number of hydrogen-bond acceptors (Lipinski definition) is 5. The van der Waals surface area contributed by atoms with Gasteiger partial charge in [0.2, 0.25) is 5.91 Å². The van der Waals surface area contributed by atoms with E-state index in [1.54, 1.807) is 0 Å². The molecule has 1 unspecified atom stereocenters. The SMILES string of the molecule is NCc1nc(-c2ccc(NC(=O)CC3COCc4ccccc43)cc2)n[nH]1. The predicted molar refractivity (Wildman–Crippen MR) is 102 cm³/mol. The highest BCUT2D eigenvalue weighted by molar-refractivity contribution is 5.91. The predicted octanol–water partition coefficient (Wildman–Crippen LogP) is 2.57. The van der Waals surface area contributed by atoms with E-state index in [-0.39, 0.29) is 11.8 Å². The summed E-state index contributed by atoms with van der Waals surface area (Å²) in [7, 11) is 0. The highest BCUT2D eigenvalue weighted by Gasteiger charge is 2.23. The summed E-state index contributed by atoms with van der Waals surface area (Å²) >= 11 is 0. The second-order valence-corrected chi connectivity index (χ2v) is 6.55. The normalized spacial score (nSPS) is 16.0. The number of nitrogens with zero attached hydrogens (tertiary/aromatic N) is 2. The number of H-pyrrole nitrogens is 1. The molecule has 0 spiro atoms. The maximum absolute atomic E-state index is 12.5. The lowest BCUT2D eigenvalue weighted by atomic mass is 9.90. The molecule has 27 heavy (non-hydrogen) atoms. The largest absolute Gasteiger partial charge is 0.376 e. The van der Waals surface area contributed by atoms with Gasteiger partial charge in [-0.15, -0.1) is 0 Å². The fourth-order valence-corrected chi connectivity index (χ4v) is 3.29. The number of amides is 1. The van der Waals surface area contributed by atoms with Gasteiger partial charge >= 0.3 is 0 Å². The van der Waals surface area contributed by atoms with Crippen molar-refractivity contribution in [1.82, 2.24) is 15.2 Å². The average Bonchev–Trinajstić information content (AvgIpc) is 3.18. The smallest absolute Gasteiger partial charge is 0.225 e. The van der Waals surface area contributed by atoms with Crippen LogP contribution >= 0.6 is 0 Å². The molecule has 4 rings (SSSR count). The van der Waals surface area contributed by atoms with Crippen molar-refractivity contribution in [3.63, 3.8) is 0 Å². The molecule has 0 bridgehead atoms. The van der Waals surface area contributed by atoms with E-state index in [0.717, 1.165) is 16.8 Å². The summed E-state index contributed by atoms with van der Waals surface area (Å²) in [5.41, 5.74) is 9.50. The maximum atomic E-state index is 12.5. The molecule has 0 saturated heterocycles. The summed E-state index contributed by atoms with van der Waals surface area (Å²) in [5, 5.41) is 9.87. The molecule has 2 heterocycles. The van der Waals surface area contributed by atoms with Crippen molar-refractivity contribution in [3.05, 3.63) is 65.5 Å². The minimum atomic E-state index is -0.0311. The molecule has 1 atom stereocenters. The molecule has 4 N–H and O–H groups in total. The van der Waals surface area contributed by atoms with Gasteiger partial charge in [0.15, 0.2) is 5.82 Å². The van der Waals surface area contributed by atoms with E-state index < -0.39 is 0 Å². The number of carbonyl (C=O) groups excluding carboxylic acids is 1. The Morgan fingerprint density at radius 1 is 1.22 bits per heavy atom. The second kappa shape index (κ2) is 7.69. The molecular formula is C20H21N5O2. The summed E-state index contributed by atoms with van der Waals surface area (Å²) in [6, 6.07) is 15.6. The number of aromatic nitrogens is 3. The van der Waals surface area contributed by atoms with Gasteiger partial charge in [-0.1, -0.05) is 24.3 Å². The Morgan fingerprint density at radius 2 is 2.04 bits per heavy atom. The van der Waals surface area contributed by atoms with Crippen molar-refractivity contribution in [3.8, 4) is 11.4 Å². The Balaban J connectivity index is 1.40. The lowest BCUT2D eigenvalue weighted by Gasteiger charge is -2.25. The van der Waals surface area contributed by atoms with E-state index in [4.69, 9.17) is 10.5 Å². The van der Waals surface area contributed by atoms with Gasteiger partial charge in [0, 0.05) is 23.6 Å². The first kappa shape index (κ1) is 17.4. The molecule has 1 amide bonds. The number of fused-ring (bicyclic) bond motifs is 1. The Bertz CT molecular complexity index is 936. The number of nitrogens with one attached hydrogen (secondary N) is 2. The first-order chi connectivity index (χ1) is 13.2. The molecule has 0 radical (unpaired) electrons. The molecule has 0 aliphatic carbocycles. The van der Waals surface area contributed by atoms with Gasteiger partial charge in [0.1, 0.15) is 5.82 Å². The van der Waals surface area contributed by atoms with Crippen LogP contribution in [-0.2, 0) is 22.7 Å². The molecule has 7 heteroatoms. The van der Waals surface area contributed by atoms with Crippen LogP contribution in [0.25, 0.3) is 11.4 Å². The number of nitrogens with two attached hydrogens (primary N) is 1.